The van der Waals surface area contributed by atoms with Crippen LogP contribution in [0.4, 0.5) is 0 Å². The highest BCUT2D eigenvalue weighted by molar-refractivity contribution is 5.75. The number of hydrogen-bond acceptors (Lipinski definition) is 1. The second kappa shape index (κ2) is 2.73. The van der Waals surface area contributed by atoms with Gasteiger partial charge in [0.2, 0.25) is 0 Å². The van der Waals surface area contributed by atoms with Gasteiger partial charge in [-0.1, -0.05) is 34.6 Å². The zero-order valence-electron chi connectivity index (χ0n) is 9.22. The number of carbonyl (C=O) groups is 1. The third-order valence-corrected chi connectivity index (χ3v) is 3.15. The fraction of sp³-hybridized carbons (Fsp3) is 0.909. The number of carboxylic acids is 1. The summed E-state index contributed by atoms with van der Waals surface area (Å²) in [6.07, 6.45) is 1.01. The topological polar surface area (TPSA) is 37.3 Å². The van der Waals surface area contributed by atoms with Gasteiger partial charge in [-0.15, -0.1) is 0 Å². The maximum absolute atomic E-state index is 10.9. The minimum absolute atomic E-state index is 0.0130. The van der Waals surface area contributed by atoms with Gasteiger partial charge in [0, 0.05) is 0 Å². The molecule has 0 aliphatic heterocycles. The van der Waals surface area contributed by atoms with Crippen molar-refractivity contribution >= 4 is 5.97 Å². The van der Waals surface area contributed by atoms with Crippen molar-refractivity contribution in [3.8, 4) is 0 Å². The average Bonchev–Trinajstić information content (AvgIpc) is 2.28. The van der Waals surface area contributed by atoms with E-state index in [2.05, 4.69) is 34.6 Å². The fourth-order valence-electron chi connectivity index (χ4n) is 2.28. The third-order valence-electron chi connectivity index (χ3n) is 3.15. The Labute approximate surface area is 80.3 Å². The summed E-state index contributed by atoms with van der Waals surface area (Å²) < 4.78 is 0. The monoisotopic (exact) mass is 184 g/mol. The summed E-state index contributed by atoms with van der Waals surface area (Å²) in [5, 5.41) is 8.96. The van der Waals surface area contributed by atoms with E-state index in [9.17, 15) is 4.79 Å². The Kier molecular flexibility index (Phi) is 2.21. The van der Waals surface area contributed by atoms with Crippen molar-refractivity contribution in [3.63, 3.8) is 0 Å². The Bertz CT molecular complexity index is 223. The Morgan fingerprint density at radius 3 is 2.08 bits per heavy atom. The molecule has 0 radical (unpaired) electrons. The molecule has 2 nitrogen and oxygen atoms in total. The van der Waals surface area contributed by atoms with Crippen LogP contribution in [0, 0.1) is 22.7 Å². The number of rotatable bonds is 2. The molecule has 0 aromatic rings. The lowest BCUT2D eigenvalue weighted by atomic mass is 9.87. The predicted octanol–water partition coefficient (Wildman–Crippen LogP) is 2.78. The summed E-state index contributed by atoms with van der Waals surface area (Å²) in [4.78, 5) is 10.9. The van der Waals surface area contributed by atoms with Gasteiger partial charge in [0.05, 0.1) is 5.92 Å². The van der Waals surface area contributed by atoms with Crippen molar-refractivity contribution in [2.45, 2.75) is 41.0 Å². The molecule has 0 heterocycles. The molecule has 1 saturated carbocycles. The molecule has 0 aromatic heterocycles. The minimum Gasteiger partial charge on any atom is -0.481 e. The van der Waals surface area contributed by atoms with E-state index in [4.69, 9.17) is 5.11 Å². The molecule has 0 saturated heterocycles. The SMILES string of the molecule is CC(C)(C)C[C@H]1[C@H](C(=O)O)C1(C)C. The first-order valence-corrected chi connectivity index (χ1v) is 4.89. The van der Waals surface area contributed by atoms with Crippen LogP contribution in [0.15, 0.2) is 0 Å². The normalized spacial score (nSPS) is 31.5. The molecule has 0 unspecified atom stereocenters. The van der Waals surface area contributed by atoms with Gasteiger partial charge in [-0.3, -0.25) is 4.79 Å². The molecule has 1 rings (SSSR count). The largest absolute Gasteiger partial charge is 0.481 e. The minimum atomic E-state index is -0.626. The molecule has 0 aromatic carbocycles. The van der Waals surface area contributed by atoms with Gasteiger partial charge in [-0.2, -0.15) is 0 Å². The van der Waals surface area contributed by atoms with E-state index >= 15 is 0 Å². The van der Waals surface area contributed by atoms with Gasteiger partial charge in [0.15, 0.2) is 0 Å². The maximum Gasteiger partial charge on any atom is 0.307 e. The third kappa shape index (κ3) is 2.04. The average molecular weight is 184 g/mol. The van der Waals surface area contributed by atoms with Crippen molar-refractivity contribution in [2.24, 2.45) is 22.7 Å². The van der Waals surface area contributed by atoms with Gasteiger partial charge >= 0.3 is 5.97 Å². The molecule has 0 spiro atoms. The number of hydrogen-bond donors (Lipinski definition) is 1. The highest BCUT2D eigenvalue weighted by Gasteiger charge is 2.62. The van der Waals surface area contributed by atoms with E-state index in [0.717, 1.165) is 6.42 Å². The first kappa shape index (κ1) is 10.6. The summed E-state index contributed by atoms with van der Waals surface area (Å²) in [5.41, 5.74) is 0.255. The van der Waals surface area contributed by atoms with Gasteiger partial charge in [0.1, 0.15) is 0 Å². The summed E-state index contributed by atoms with van der Waals surface area (Å²) in [6, 6.07) is 0. The van der Waals surface area contributed by atoms with E-state index in [1.165, 1.54) is 0 Å². The van der Waals surface area contributed by atoms with Gasteiger partial charge in [-0.05, 0) is 23.2 Å². The van der Waals surface area contributed by atoms with Gasteiger partial charge < -0.3 is 5.11 Å². The van der Waals surface area contributed by atoms with E-state index in [0.29, 0.717) is 5.92 Å². The fourth-order valence-corrected chi connectivity index (χ4v) is 2.28. The van der Waals surface area contributed by atoms with E-state index in [1.54, 1.807) is 0 Å². The second-order valence-corrected chi connectivity index (χ2v) is 6.01. The molecule has 2 atom stereocenters. The van der Waals surface area contributed by atoms with E-state index in [1.807, 2.05) is 0 Å². The van der Waals surface area contributed by atoms with Crippen LogP contribution < -0.4 is 0 Å². The summed E-state index contributed by atoms with van der Waals surface area (Å²) in [6.45, 7) is 10.6. The lowest BCUT2D eigenvalue weighted by Gasteiger charge is -2.18. The Morgan fingerprint density at radius 1 is 1.38 bits per heavy atom. The molecule has 1 aliphatic carbocycles. The number of carboxylic acid groups (broad SMARTS) is 1. The van der Waals surface area contributed by atoms with Crippen molar-refractivity contribution in [1.82, 2.24) is 0 Å². The molecule has 1 N–H and O–H groups in total. The second-order valence-electron chi connectivity index (χ2n) is 6.01. The van der Waals surface area contributed by atoms with E-state index in [-0.39, 0.29) is 16.7 Å². The summed E-state index contributed by atoms with van der Waals surface area (Å²) >= 11 is 0. The van der Waals surface area contributed by atoms with Crippen LogP contribution in [0.3, 0.4) is 0 Å². The Morgan fingerprint density at radius 2 is 1.85 bits per heavy atom. The summed E-state index contributed by atoms with van der Waals surface area (Å²) in [7, 11) is 0. The predicted molar refractivity (Wildman–Crippen MR) is 52.5 cm³/mol. The first-order valence-electron chi connectivity index (χ1n) is 4.89. The van der Waals surface area contributed by atoms with Crippen LogP contribution in [0.2, 0.25) is 0 Å². The molecule has 1 fully saturated rings. The molecule has 2 heteroatoms. The summed E-state index contributed by atoms with van der Waals surface area (Å²) in [5.74, 6) is -0.379. The lowest BCUT2D eigenvalue weighted by molar-refractivity contribution is -0.139. The van der Waals surface area contributed by atoms with Crippen LogP contribution in [-0.4, -0.2) is 11.1 Å². The van der Waals surface area contributed by atoms with Crippen LogP contribution in [0.25, 0.3) is 0 Å². The highest BCUT2D eigenvalue weighted by Crippen LogP contribution is 2.62. The molecule has 1 aliphatic rings. The van der Waals surface area contributed by atoms with Crippen LogP contribution in [0.1, 0.15) is 41.0 Å². The number of aliphatic carboxylic acids is 1. The van der Waals surface area contributed by atoms with Crippen molar-refractivity contribution in [3.05, 3.63) is 0 Å². The molecule has 13 heavy (non-hydrogen) atoms. The van der Waals surface area contributed by atoms with Gasteiger partial charge in [-0.25, -0.2) is 0 Å². The van der Waals surface area contributed by atoms with Crippen molar-refractivity contribution in [1.29, 1.82) is 0 Å². The smallest absolute Gasteiger partial charge is 0.307 e. The first-order chi connectivity index (χ1) is 5.66. The molecule has 0 amide bonds. The van der Waals surface area contributed by atoms with E-state index < -0.39 is 5.97 Å². The molecular weight excluding hydrogens is 164 g/mol. The lowest BCUT2D eigenvalue weighted by Crippen LogP contribution is -2.08. The van der Waals surface area contributed by atoms with Crippen LogP contribution in [0.5, 0.6) is 0 Å². The zero-order chi connectivity index (χ0) is 10.4. The Hall–Kier alpha value is -0.530. The van der Waals surface area contributed by atoms with Crippen LogP contribution >= 0.6 is 0 Å². The molecule has 76 valence electrons. The zero-order valence-corrected chi connectivity index (χ0v) is 9.22. The van der Waals surface area contributed by atoms with Crippen molar-refractivity contribution in [2.75, 3.05) is 0 Å². The maximum atomic E-state index is 10.9. The quantitative estimate of drug-likeness (QED) is 0.716. The van der Waals surface area contributed by atoms with Crippen LogP contribution in [-0.2, 0) is 4.79 Å². The standard InChI is InChI=1S/C11H20O2/c1-10(2,3)6-7-8(9(12)13)11(7,4)5/h7-8H,6H2,1-5H3,(H,12,13)/t7-,8+/m0/s1. The Balaban J connectivity index is 2.61. The highest BCUT2D eigenvalue weighted by atomic mass is 16.4. The molecule has 0 bridgehead atoms. The van der Waals surface area contributed by atoms with Gasteiger partial charge in [0.25, 0.3) is 0 Å². The molecular formula is C11H20O2. The van der Waals surface area contributed by atoms with Crippen molar-refractivity contribution < 1.29 is 9.90 Å².